The molecule has 0 bridgehead atoms. The van der Waals surface area contributed by atoms with Crippen molar-refractivity contribution >= 4 is 40.5 Å². The highest BCUT2D eigenvalue weighted by Gasteiger charge is 2.53. The maximum atomic E-state index is 14.4. The van der Waals surface area contributed by atoms with E-state index in [-0.39, 0.29) is 49.2 Å². The number of amides is 3. The van der Waals surface area contributed by atoms with Crippen LogP contribution in [0.1, 0.15) is 40.4 Å². The highest BCUT2D eigenvalue weighted by molar-refractivity contribution is 6.14. The Labute approximate surface area is 317 Å². The number of aliphatic hydroxyl groups is 2. The Morgan fingerprint density at radius 3 is 2.36 bits per heavy atom. The maximum absolute atomic E-state index is 14.4. The molecule has 55 heavy (non-hydrogen) atoms. The molecule has 0 saturated heterocycles. The van der Waals surface area contributed by atoms with Gasteiger partial charge in [-0.15, -0.1) is 0 Å². The molecule has 2 aliphatic heterocycles. The predicted octanol–water partition coefficient (Wildman–Crippen LogP) is 7.02. The van der Waals surface area contributed by atoms with Crippen LogP contribution in [0.2, 0.25) is 0 Å². The zero-order chi connectivity index (χ0) is 38.7. The lowest BCUT2D eigenvalue weighted by Crippen LogP contribution is -2.44. The van der Waals surface area contributed by atoms with Crippen molar-refractivity contribution in [3.05, 3.63) is 166 Å². The van der Waals surface area contributed by atoms with Crippen LogP contribution in [-0.2, 0) is 28.3 Å². The van der Waals surface area contributed by atoms with Gasteiger partial charge in [-0.25, -0.2) is 0 Å². The Balaban J connectivity index is 1.17. The van der Waals surface area contributed by atoms with Crippen molar-refractivity contribution in [1.82, 2.24) is 4.90 Å². The molecule has 0 radical (unpaired) electrons. The van der Waals surface area contributed by atoms with Crippen LogP contribution in [0.25, 0.3) is 0 Å². The van der Waals surface area contributed by atoms with Gasteiger partial charge in [-0.2, -0.15) is 0 Å². The molecule has 5 aromatic carbocycles. The lowest BCUT2D eigenvalue weighted by Gasteiger charge is -2.28. The molecular weight excluding hydrogens is 700 g/mol. The number of non-ortho nitro benzene ring substituents is 1. The minimum absolute atomic E-state index is 0.0267. The number of rotatable bonds is 12. The van der Waals surface area contributed by atoms with Gasteiger partial charge in [0.05, 0.1) is 35.0 Å². The minimum atomic E-state index is -2.20. The van der Waals surface area contributed by atoms with E-state index in [1.165, 1.54) is 28.0 Å². The quantitative estimate of drug-likeness (QED) is 0.0787. The second-order valence-electron chi connectivity index (χ2n) is 13.4. The van der Waals surface area contributed by atoms with Gasteiger partial charge in [0, 0.05) is 48.8 Å². The van der Waals surface area contributed by atoms with Crippen molar-refractivity contribution in [2.75, 3.05) is 23.0 Å². The third-order valence-electron chi connectivity index (χ3n) is 9.93. The summed E-state index contributed by atoms with van der Waals surface area (Å²) in [5.41, 5.74) is 0.833. The maximum Gasteiger partial charge on any atom is 0.269 e. The zero-order valence-electron chi connectivity index (χ0n) is 29.9. The summed E-state index contributed by atoms with van der Waals surface area (Å²) in [5, 5.41) is 33.7. The number of anilines is 3. The molecule has 2 N–H and O–H groups in total. The van der Waals surface area contributed by atoms with Crippen molar-refractivity contribution in [2.45, 2.75) is 32.0 Å². The largest absolute Gasteiger partial charge is 0.454 e. The van der Waals surface area contributed by atoms with Gasteiger partial charge in [0.15, 0.2) is 11.4 Å². The van der Waals surface area contributed by atoms with Gasteiger partial charge < -0.3 is 24.7 Å². The van der Waals surface area contributed by atoms with Crippen LogP contribution >= 0.6 is 0 Å². The van der Waals surface area contributed by atoms with Gasteiger partial charge in [0.2, 0.25) is 5.91 Å². The SMILES string of the molecule is C[C@@H](/C=C/CC(=O)N(CCO)Cc1ccccc1)[C@]1(O)C(=O)N(Cc2cccc(N3C(=O)c4ccccc4Oc4ccccc43)c2)c2ccc([N+](=O)[O-])cc21. The van der Waals surface area contributed by atoms with Crippen molar-refractivity contribution in [3.8, 4) is 11.5 Å². The van der Waals surface area contributed by atoms with Gasteiger partial charge in [0.1, 0.15) is 5.75 Å². The van der Waals surface area contributed by atoms with E-state index in [0.29, 0.717) is 46.2 Å². The second-order valence-corrected chi connectivity index (χ2v) is 13.4. The lowest BCUT2D eigenvalue weighted by molar-refractivity contribution is -0.385. The molecule has 12 heteroatoms. The summed E-state index contributed by atoms with van der Waals surface area (Å²) in [4.78, 5) is 57.3. The summed E-state index contributed by atoms with van der Waals surface area (Å²) in [7, 11) is 0. The van der Waals surface area contributed by atoms with Crippen LogP contribution < -0.4 is 14.5 Å². The average Bonchev–Trinajstić information content (AvgIpc) is 3.31. The molecule has 0 spiro atoms. The molecule has 12 nitrogen and oxygen atoms in total. The summed E-state index contributed by atoms with van der Waals surface area (Å²) < 4.78 is 6.15. The fourth-order valence-corrected chi connectivity index (χ4v) is 7.11. The van der Waals surface area contributed by atoms with E-state index in [2.05, 4.69) is 0 Å². The van der Waals surface area contributed by atoms with E-state index in [9.17, 15) is 34.7 Å². The summed E-state index contributed by atoms with van der Waals surface area (Å²) in [6.45, 7) is 1.81. The molecule has 2 heterocycles. The Hall–Kier alpha value is -6.63. The third kappa shape index (κ3) is 7.08. The zero-order valence-corrected chi connectivity index (χ0v) is 29.9. The highest BCUT2D eigenvalue weighted by atomic mass is 16.6. The number of hydrogen-bond acceptors (Lipinski definition) is 8. The molecule has 7 rings (SSSR count). The number of benzene rings is 5. The van der Waals surface area contributed by atoms with E-state index in [1.807, 2.05) is 42.5 Å². The monoisotopic (exact) mass is 738 g/mol. The van der Waals surface area contributed by atoms with Crippen molar-refractivity contribution in [2.24, 2.45) is 5.92 Å². The molecule has 0 fully saturated rings. The van der Waals surface area contributed by atoms with Gasteiger partial charge in [-0.1, -0.05) is 85.8 Å². The van der Waals surface area contributed by atoms with Crippen LogP contribution in [0.3, 0.4) is 0 Å². The third-order valence-corrected chi connectivity index (χ3v) is 9.93. The Bertz CT molecular complexity index is 2310. The molecular formula is C43H38N4O8. The first kappa shape index (κ1) is 36.7. The lowest BCUT2D eigenvalue weighted by atomic mass is 9.82. The number of nitrogens with zero attached hydrogens (tertiary/aromatic N) is 4. The number of para-hydroxylation sites is 3. The molecule has 0 unspecified atom stereocenters. The van der Waals surface area contributed by atoms with E-state index in [4.69, 9.17) is 4.74 Å². The topological polar surface area (TPSA) is 154 Å². The van der Waals surface area contributed by atoms with E-state index in [1.54, 1.807) is 84.6 Å². The summed E-state index contributed by atoms with van der Waals surface area (Å²) >= 11 is 0. The first-order valence-corrected chi connectivity index (χ1v) is 17.8. The number of ether oxygens (including phenoxy) is 1. The summed E-state index contributed by atoms with van der Waals surface area (Å²) in [6.07, 6.45) is 3.06. The van der Waals surface area contributed by atoms with Crippen LogP contribution in [0.5, 0.6) is 11.5 Å². The van der Waals surface area contributed by atoms with Gasteiger partial charge in [-0.3, -0.25) is 29.4 Å². The Morgan fingerprint density at radius 1 is 0.891 bits per heavy atom. The average molecular weight is 739 g/mol. The Kier molecular flexibility index (Phi) is 10.3. The van der Waals surface area contributed by atoms with Gasteiger partial charge in [0.25, 0.3) is 17.5 Å². The number of carbonyl (C=O) groups is 3. The number of nitro benzene ring substituents is 1. The summed E-state index contributed by atoms with van der Waals surface area (Å²) in [5.74, 6) is -1.25. The van der Waals surface area contributed by atoms with Crippen LogP contribution in [0.4, 0.5) is 22.7 Å². The first-order chi connectivity index (χ1) is 26.6. The number of fused-ring (bicyclic) bond motifs is 3. The number of hydrogen-bond donors (Lipinski definition) is 2. The molecule has 0 saturated carbocycles. The van der Waals surface area contributed by atoms with Gasteiger partial charge >= 0.3 is 0 Å². The summed E-state index contributed by atoms with van der Waals surface area (Å²) in [6, 6.07) is 34.6. The smallest absolute Gasteiger partial charge is 0.269 e. The molecule has 3 amide bonds. The van der Waals surface area contributed by atoms with Crippen molar-refractivity contribution in [3.63, 3.8) is 0 Å². The van der Waals surface area contributed by atoms with Crippen molar-refractivity contribution < 1.29 is 34.3 Å². The predicted molar refractivity (Wildman–Crippen MR) is 206 cm³/mol. The van der Waals surface area contributed by atoms with Crippen LogP contribution in [0.15, 0.2) is 133 Å². The van der Waals surface area contributed by atoms with E-state index in [0.717, 1.165) is 5.56 Å². The van der Waals surface area contributed by atoms with Crippen molar-refractivity contribution in [1.29, 1.82) is 0 Å². The molecule has 2 atom stereocenters. The van der Waals surface area contributed by atoms with E-state index < -0.39 is 22.3 Å². The molecule has 5 aromatic rings. The normalized spacial score (nSPS) is 16.6. The fourth-order valence-electron chi connectivity index (χ4n) is 7.11. The minimum Gasteiger partial charge on any atom is -0.454 e. The first-order valence-electron chi connectivity index (χ1n) is 17.8. The second kappa shape index (κ2) is 15.4. The van der Waals surface area contributed by atoms with Crippen LogP contribution in [0, 0.1) is 16.0 Å². The van der Waals surface area contributed by atoms with E-state index >= 15 is 0 Å². The van der Waals surface area contributed by atoms with Crippen LogP contribution in [-0.4, -0.2) is 50.9 Å². The molecule has 0 aromatic heterocycles. The fraction of sp³-hybridized carbons (Fsp3) is 0.186. The molecule has 2 aliphatic rings. The number of carbonyl (C=O) groups excluding carboxylic acids is 3. The molecule has 278 valence electrons. The Morgan fingerprint density at radius 2 is 1.60 bits per heavy atom. The highest BCUT2D eigenvalue weighted by Crippen LogP contribution is 2.48. The van der Waals surface area contributed by atoms with Gasteiger partial charge in [-0.05, 0) is 53.6 Å². The molecule has 0 aliphatic carbocycles. The standard InChI is InChI=1S/C43H38N4O8/c1-29(11-9-20-40(49)44(23-24-48)27-30-12-3-2-4-13-30)43(52)35-26-33(47(53)54)21-22-36(35)45(42(43)51)28-31-14-10-15-32(25-31)46-37-17-6-8-19-39(37)55-38-18-7-5-16-34(38)41(46)50/h2-19,21-22,25-26,29,48,52H,20,23-24,27-28H2,1H3/b11-9+/t29-,43+/m0/s1. The number of aliphatic hydroxyl groups excluding tert-OH is 1. The number of nitro groups is 1.